The Morgan fingerprint density at radius 1 is 1.13 bits per heavy atom. The quantitative estimate of drug-likeness (QED) is 0.409. The van der Waals surface area contributed by atoms with Gasteiger partial charge in [-0.15, -0.1) is 0 Å². The van der Waals surface area contributed by atoms with Crippen LogP contribution in [-0.2, 0) is 14.3 Å². The number of carbonyl (C=O) groups is 3. The van der Waals surface area contributed by atoms with E-state index in [9.17, 15) is 23.2 Å². The Balaban J connectivity index is 1.22. The summed E-state index contributed by atoms with van der Waals surface area (Å²) < 4.78 is 46.1. The van der Waals surface area contributed by atoms with Crippen molar-refractivity contribution in [3.8, 4) is 5.75 Å². The fraction of sp³-hybridized carbons (Fsp3) is 0.594. The third-order valence-electron chi connectivity index (χ3n) is 8.75. The molecule has 1 N–H and O–H groups in total. The molecule has 0 bridgehead atoms. The van der Waals surface area contributed by atoms with E-state index in [0.717, 1.165) is 30.6 Å². The Kier molecular flexibility index (Phi) is 8.77. The summed E-state index contributed by atoms with van der Waals surface area (Å²) in [6.45, 7) is 9.45. The number of anilines is 4. The minimum atomic E-state index is -3.60. The maximum atomic E-state index is 14.6. The molecule has 2 aromatic rings. The molecule has 1 saturated heterocycles. The van der Waals surface area contributed by atoms with E-state index in [-0.39, 0.29) is 41.1 Å². The standard InChI is InChI=1S/C32H42F2N6O6/c1-19(2)40-18-32(33,34)27(42)38(6)23-17-35-28(37-25(23)40)36-22-9-8-20(14-24(22)44-7)26(41)45-21-15-31(16-21)10-12-39(13-11-31)29(43)46-30(3,4)5/h8-9,14,17,19,21H,10-13,15-16,18H2,1-7H3,(H,35,36,37). The number of amides is 2. The lowest BCUT2D eigenvalue weighted by Crippen LogP contribution is -2.52. The number of esters is 1. The van der Waals surface area contributed by atoms with Crippen molar-refractivity contribution < 1.29 is 37.4 Å². The molecule has 0 atom stereocenters. The van der Waals surface area contributed by atoms with Crippen LogP contribution in [0.3, 0.4) is 0 Å². The fourth-order valence-corrected chi connectivity index (χ4v) is 6.16. The minimum absolute atomic E-state index is 0.0615. The molecule has 3 aliphatic rings. The highest BCUT2D eigenvalue weighted by Crippen LogP contribution is 2.50. The number of piperidine rings is 1. The van der Waals surface area contributed by atoms with Crippen LogP contribution in [0.15, 0.2) is 24.4 Å². The van der Waals surface area contributed by atoms with E-state index < -0.39 is 29.9 Å². The van der Waals surface area contributed by atoms with Crippen LogP contribution in [0.1, 0.15) is 70.7 Å². The van der Waals surface area contributed by atoms with Gasteiger partial charge in [0.1, 0.15) is 23.1 Å². The number of aromatic nitrogens is 2. The van der Waals surface area contributed by atoms with Crippen molar-refractivity contribution >= 4 is 41.1 Å². The number of methoxy groups -OCH3 is 1. The fourth-order valence-electron chi connectivity index (χ4n) is 6.16. The normalized spacial score (nSPS) is 19.3. The number of nitrogens with zero attached hydrogens (tertiary/aromatic N) is 5. The largest absolute Gasteiger partial charge is 0.495 e. The van der Waals surface area contributed by atoms with E-state index in [4.69, 9.17) is 14.2 Å². The summed E-state index contributed by atoms with van der Waals surface area (Å²) in [5.41, 5.74) is 0.437. The first-order valence-corrected chi connectivity index (χ1v) is 15.4. The summed E-state index contributed by atoms with van der Waals surface area (Å²) in [6, 6.07) is 4.40. The number of carbonyl (C=O) groups excluding carboxylic acids is 3. The molecule has 0 unspecified atom stereocenters. The number of rotatable bonds is 6. The van der Waals surface area contributed by atoms with Crippen molar-refractivity contribution in [2.45, 2.75) is 84.0 Å². The molecule has 14 heteroatoms. The van der Waals surface area contributed by atoms with Crippen molar-refractivity contribution in [1.29, 1.82) is 0 Å². The van der Waals surface area contributed by atoms with Gasteiger partial charge in [0.25, 0.3) is 5.91 Å². The van der Waals surface area contributed by atoms with E-state index in [1.54, 1.807) is 36.9 Å². The number of fused-ring (bicyclic) bond motifs is 1. The molecule has 12 nitrogen and oxygen atoms in total. The highest BCUT2D eigenvalue weighted by atomic mass is 19.3. The van der Waals surface area contributed by atoms with Crippen LogP contribution >= 0.6 is 0 Å². The number of hydrogen-bond donors (Lipinski definition) is 1. The van der Waals surface area contributed by atoms with Crippen molar-refractivity contribution in [3.05, 3.63) is 30.0 Å². The Morgan fingerprint density at radius 2 is 1.80 bits per heavy atom. The Labute approximate surface area is 267 Å². The van der Waals surface area contributed by atoms with E-state index in [2.05, 4.69) is 15.3 Å². The highest BCUT2D eigenvalue weighted by molar-refractivity contribution is 6.02. The van der Waals surface area contributed by atoms with E-state index in [1.807, 2.05) is 20.8 Å². The van der Waals surface area contributed by atoms with Crippen LogP contribution in [0.25, 0.3) is 0 Å². The van der Waals surface area contributed by atoms with Crippen molar-refractivity contribution in [2.24, 2.45) is 5.41 Å². The van der Waals surface area contributed by atoms with Gasteiger partial charge in [0.2, 0.25) is 5.95 Å². The second kappa shape index (κ2) is 12.2. The molecule has 5 rings (SSSR count). The zero-order chi connectivity index (χ0) is 33.6. The SMILES string of the molecule is COc1cc(C(=O)OC2CC3(CCN(C(=O)OC(C)(C)C)CC3)C2)ccc1Nc1ncc2c(n1)N(C(C)C)CC(F)(F)C(=O)N2C. The molecular formula is C32H42F2N6O6. The first-order valence-electron chi connectivity index (χ1n) is 15.4. The number of halogens is 2. The van der Waals surface area contributed by atoms with Crippen molar-refractivity contribution in [3.63, 3.8) is 0 Å². The Bertz CT molecular complexity index is 1500. The van der Waals surface area contributed by atoms with Crippen LogP contribution < -0.4 is 19.9 Å². The molecule has 46 heavy (non-hydrogen) atoms. The number of nitrogens with one attached hydrogen (secondary N) is 1. The number of likely N-dealkylation sites (tertiary alicyclic amines) is 1. The number of hydrogen-bond acceptors (Lipinski definition) is 10. The van der Waals surface area contributed by atoms with Gasteiger partial charge in [-0.1, -0.05) is 0 Å². The third-order valence-corrected chi connectivity index (χ3v) is 8.75. The molecule has 1 spiro atoms. The average Bonchev–Trinajstić information content (AvgIpc) is 3.04. The van der Waals surface area contributed by atoms with Gasteiger partial charge in [-0.3, -0.25) is 4.79 Å². The zero-order valence-corrected chi connectivity index (χ0v) is 27.4. The first kappa shape index (κ1) is 33.1. The maximum Gasteiger partial charge on any atom is 0.410 e. The maximum absolute atomic E-state index is 14.6. The molecule has 1 saturated carbocycles. The molecule has 1 aromatic carbocycles. The van der Waals surface area contributed by atoms with Crippen LogP contribution in [0.5, 0.6) is 5.75 Å². The lowest BCUT2D eigenvalue weighted by atomic mass is 9.61. The van der Waals surface area contributed by atoms with Gasteiger partial charge < -0.3 is 34.2 Å². The topological polar surface area (TPSA) is 126 Å². The molecule has 1 aromatic heterocycles. The average molecular weight is 645 g/mol. The Morgan fingerprint density at radius 3 is 2.41 bits per heavy atom. The summed E-state index contributed by atoms with van der Waals surface area (Å²) >= 11 is 0. The van der Waals surface area contributed by atoms with Crippen molar-refractivity contribution in [2.75, 3.05) is 48.9 Å². The van der Waals surface area contributed by atoms with Gasteiger partial charge in [0.05, 0.1) is 31.1 Å². The van der Waals surface area contributed by atoms with Gasteiger partial charge in [0, 0.05) is 26.2 Å². The lowest BCUT2D eigenvalue weighted by Gasteiger charge is -2.51. The van der Waals surface area contributed by atoms with E-state index in [0.29, 0.717) is 30.1 Å². The number of ether oxygens (including phenoxy) is 3. The highest BCUT2D eigenvalue weighted by Gasteiger charge is 2.49. The molecule has 2 fully saturated rings. The predicted molar refractivity (Wildman–Crippen MR) is 167 cm³/mol. The molecule has 2 aliphatic heterocycles. The summed E-state index contributed by atoms with van der Waals surface area (Å²) in [5.74, 6) is -4.79. The van der Waals surface area contributed by atoms with E-state index >= 15 is 0 Å². The molecule has 3 heterocycles. The molecule has 2 amide bonds. The van der Waals surface area contributed by atoms with Crippen LogP contribution in [0, 0.1) is 5.41 Å². The third kappa shape index (κ3) is 6.80. The smallest absolute Gasteiger partial charge is 0.410 e. The van der Waals surface area contributed by atoms with Crippen LogP contribution in [0.4, 0.5) is 36.7 Å². The second-order valence-electron chi connectivity index (χ2n) is 13.6. The summed E-state index contributed by atoms with van der Waals surface area (Å²) in [7, 11) is 2.73. The van der Waals surface area contributed by atoms with E-state index in [1.165, 1.54) is 25.3 Å². The predicted octanol–water partition coefficient (Wildman–Crippen LogP) is 5.39. The number of benzene rings is 1. The van der Waals surface area contributed by atoms with Gasteiger partial charge in [0.15, 0.2) is 5.82 Å². The molecule has 250 valence electrons. The van der Waals surface area contributed by atoms with Crippen molar-refractivity contribution in [1.82, 2.24) is 14.9 Å². The molecule has 1 aliphatic carbocycles. The summed E-state index contributed by atoms with van der Waals surface area (Å²) in [6.07, 6.45) is 3.98. The van der Waals surface area contributed by atoms with Gasteiger partial charge >= 0.3 is 18.0 Å². The molecule has 0 radical (unpaired) electrons. The second-order valence-corrected chi connectivity index (χ2v) is 13.6. The number of alkyl halides is 2. The van der Waals surface area contributed by atoms with Crippen LogP contribution in [-0.4, -0.2) is 90.3 Å². The van der Waals surface area contributed by atoms with Crippen LogP contribution in [0.2, 0.25) is 0 Å². The van der Waals surface area contributed by atoms with Gasteiger partial charge in [-0.25, -0.2) is 14.6 Å². The molecular weight excluding hydrogens is 602 g/mol. The summed E-state index contributed by atoms with van der Waals surface area (Å²) in [5, 5.41) is 3.04. The summed E-state index contributed by atoms with van der Waals surface area (Å²) in [4.78, 5) is 50.6. The van der Waals surface area contributed by atoms with Gasteiger partial charge in [-0.2, -0.15) is 13.8 Å². The first-order chi connectivity index (χ1) is 21.5. The minimum Gasteiger partial charge on any atom is -0.495 e. The zero-order valence-electron chi connectivity index (χ0n) is 27.4. The van der Waals surface area contributed by atoms with Gasteiger partial charge in [-0.05, 0) is 83.9 Å². The lowest BCUT2D eigenvalue weighted by molar-refractivity contribution is -0.140. The monoisotopic (exact) mass is 644 g/mol. The Hall–Kier alpha value is -4.23.